The summed E-state index contributed by atoms with van der Waals surface area (Å²) < 4.78 is 52.2. The number of alkyl halides is 3. The first-order valence-corrected chi connectivity index (χ1v) is 9.82. The second-order valence-corrected chi connectivity index (χ2v) is 7.64. The van der Waals surface area contributed by atoms with Gasteiger partial charge < -0.3 is 19.3 Å². The summed E-state index contributed by atoms with van der Waals surface area (Å²) in [4.78, 5) is 32.7. The van der Waals surface area contributed by atoms with Gasteiger partial charge in [0.05, 0.1) is 22.1 Å². The van der Waals surface area contributed by atoms with Gasteiger partial charge in [0.1, 0.15) is 0 Å². The maximum absolute atomic E-state index is 13.3. The zero-order chi connectivity index (χ0) is 22.6. The number of halogens is 3. The van der Waals surface area contributed by atoms with Crippen LogP contribution in [0.4, 0.5) is 19.0 Å². The molecule has 3 aromatic rings. The van der Waals surface area contributed by atoms with Crippen LogP contribution in [-0.2, 0) is 15.8 Å². The summed E-state index contributed by atoms with van der Waals surface area (Å²) in [6, 6.07) is 4.66. The Morgan fingerprint density at radius 1 is 0.938 bits per heavy atom. The van der Waals surface area contributed by atoms with Gasteiger partial charge >= 0.3 is 18.1 Å². The van der Waals surface area contributed by atoms with Crippen molar-refractivity contribution in [2.24, 2.45) is 0 Å². The maximum atomic E-state index is 13.3. The van der Waals surface area contributed by atoms with E-state index in [0.29, 0.717) is 24.4 Å². The number of fused-ring (bicyclic) bond motifs is 5. The van der Waals surface area contributed by atoms with Gasteiger partial charge in [0.25, 0.3) is 5.88 Å². The van der Waals surface area contributed by atoms with Crippen LogP contribution in [0.1, 0.15) is 5.56 Å². The Balaban J connectivity index is 1.80. The summed E-state index contributed by atoms with van der Waals surface area (Å²) in [5, 5.41) is 0. The molecule has 11 heteroatoms. The predicted molar refractivity (Wildman–Crippen MR) is 108 cm³/mol. The fourth-order valence-electron chi connectivity index (χ4n) is 3.85. The smallest absolute Gasteiger partial charge is 0.416 e. The summed E-state index contributed by atoms with van der Waals surface area (Å²) in [6.07, 6.45) is -2.67. The summed E-state index contributed by atoms with van der Waals surface area (Å²) in [7, 11) is 1.98. The molecule has 0 bridgehead atoms. The number of anilines is 1. The number of esters is 2. The molecule has 0 unspecified atom stereocenters. The van der Waals surface area contributed by atoms with Crippen LogP contribution >= 0.6 is 0 Å². The lowest BCUT2D eigenvalue weighted by atomic mass is 10.2. The van der Waals surface area contributed by atoms with Crippen LogP contribution in [0.5, 0.6) is 11.6 Å². The average molecular weight is 446 g/mol. The number of nitrogens with zero attached hydrogens (tertiary/aromatic N) is 4. The zero-order valence-corrected chi connectivity index (χ0v) is 16.8. The van der Waals surface area contributed by atoms with Crippen LogP contribution < -0.4 is 14.4 Å². The monoisotopic (exact) mass is 446 g/mol. The number of likely N-dealkylation sites (N-methyl/N-ethyl adjacent to an activating group) is 1. The number of rotatable bonds is 1. The van der Waals surface area contributed by atoms with Crippen molar-refractivity contribution in [3.63, 3.8) is 0 Å². The maximum Gasteiger partial charge on any atom is 0.416 e. The first-order chi connectivity index (χ1) is 15.2. The highest BCUT2D eigenvalue weighted by molar-refractivity contribution is 5.97. The number of carbonyl (C=O) groups is 2. The Labute approximate surface area is 179 Å². The molecule has 0 atom stereocenters. The van der Waals surface area contributed by atoms with Crippen LogP contribution in [0.2, 0.25) is 0 Å². The molecule has 8 nitrogen and oxygen atoms in total. The largest absolute Gasteiger partial charge is 0.418 e. The molecule has 0 radical (unpaired) electrons. The molecule has 0 spiro atoms. The quantitative estimate of drug-likeness (QED) is 0.532. The van der Waals surface area contributed by atoms with E-state index < -0.39 is 23.7 Å². The molecule has 2 aliphatic heterocycles. The number of piperazine rings is 1. The standard InChI is InChI=1S/C21H17F3N4O4/c1-26-6-8-27(9-7-26)19-15-11-16-20(32-18(30)5-4-17(29)31-16)28(15)14-3-2-12(21(22,23)24)10-13(14)25-19/h2-5,10-11H,6-9H2,1H3/b5-4-. The Kier molecular flexibility index (Phi) is 4.59. The minimum Gasteiger partial charge on any atom is -0.418 e. The van der Waals surface area contributed by atoms with Crippen molar-refractivity contribution in [1.29, 1.82) is 0 Å². The molecular formula is C21H17F3N4O4. The first kappa shape index (κ1) is 20.3. The van der Waals surface area contributed by atoms with Crippen LogP contribution in [0.3, 0.4) is 0 Å². The Morgan fingerprint density at radius 3 is 2.31 bits per heavy atom. The van der Waals surface area contributed by atoms with Gasteiger partial charge in [-0.25, -0.2) is 14.6 Å². The van der Waals surface area contributed by atoms with E-state index in [0.717, 1.165) is 37.4 Å². The number of benzene rings is 1. The van der Waals surface area contributed by atoms with Gasteiger partial charge in [0.15, 0.2) is 11.6 Å². The van der Waals surface area contributed by atoms with Crippen LogP contribution in [0, 0.1) is 0 Å². The van der Waals surface area contributed by atoms with E-state index in [4.69, 9.17) is 9.47 Å². The van der Waals surface area contributed by atoms with Crippen LogP contribution in [0.25, 0.3) is 16.6 Å². The molecule has 32 heavy (non-hydrogen) atoms. The molecule has 1 saturated heterocycles. The van der Waals surface area contributed by atoms with E-state index in [-0.39, 0.29) is 22.7 Å². The van der Waals surface area contributed by atoms with E-state index in [2.05, 4.69) is 9.88 Å². The Hall–Kier alpha value is -3.60. The molecule has 0 aliphatic carbocycles. The fourth-order valence-corrected chi connectivity index (χ4v) is 3.85. The normalized spacial score (nSPS) is 18.8. The van der Waals surface area contributed by atoms with Crippen LogP contribution in [-0.4, -0.2) is 59.4 Å². The van der Waals surface area contributed by atoms with Crippen molar-refractivity contribution in [3.05, 3.63) is 42.0 Å². The van der Waals surface area contributed by atoms with Crippen LogP contribution in [0.15, 0.2) is 36.4 Å². The van der Waals surface area contributed by atoms with Gasteiger partial charge in [-0.15, -0.1) is 0 Å². The van der Waals surface area contributed by atoms with Gasteiger partial charge in [-0.2, -0.15) is 13.2 Å². The van der Waals surface area contributed by atoms with E-state index in [9.17, 15) is 22.8 Å². The molecule has 2 aliphatic rings. The number of hydrogen-bond donors (Lipinski definition) is 0. The molecular weight excluding hydrogens is 429 g/mol. The third-order valence-electron chi connectivity index (χ3n) is 5.49. The molecule has 0 N–H and O–H groups in total. The molecule has 5 rings (SSSR count). The zero-order valence-electron chi connectivity index (χ0n) is 16.8. The molecule has 1 aromatic carbocycles. The topological polar surface area (TPSA) is 76.4 Å². The van der Waals surface area contributed by atoms with Gasteiger partial charge in [-0.1, -0.05) is 0 Å². The molecule has 1 fully saturated rings. The fraction of sp³-hybridized carbons (Fsp3) is 0.286. The second kappa shape index (κ2) is 7.23. The number of carbonyl (C=O) groups excluding carboxylic acids is 2. The highest BCUT2D eigenvalue weighted by atomic mass is 19.4. The third-order valence-corrected chi connectivity index (χ3v) is 5.49. The summed E-state index contributed by atoms with van der Waals surface area (Å²) in [6.45, 7) is 2.67. The minimum absolute atomic E-state index is 0.0164. The van der Waals surface area contributed by atoms with Crippen molar-refractivity contribution in [3.8, 4) is 11.6 Å². The summed E-state index contributed by atoms with van der Waals surface area (Å²) in [5.74, 6) is -1.27. The third kappa shape index (κ3) is 3.44. The van der Waals surface area contributed by atoms with Crippen molar-refractivity contribution in [1.82, 2.24) is 14.3 Å². The lowest BCUT2D eigenvalue weighted by molar-refractivity contribution is -0.137. The minimum atomic E-state index is -4.54. The predicted octanol–water partition coefficient (Wildman–Crippen LogP) is 2.64. The highest BCUT2D eigenvalue weighted by Crippen LogP contribution is 2.40. The molecule has 4 heterocycles. The number of ether oxygens (including phenoxy) is 2. The SMILES string of the molecule is CN1CCN(c2nc3cc(C(F)(F)F)ccc3n3c4c(cc23)OC(=O)/C=C\C(=O)O4)CC1. The molecule has 0 saturated carbocycles. The lowest BCUT2D eigenvalue weighted by Gasteiger charge is -2.33. The summed E-state index contributed by atoms with van der Waals surface area (Å²) >= 11 is 0. The summed E-state index contributed by atoms with van der Waals surface area (Å²) in [5.41, 5.74) is -0.0444. The Morgan fingerprint density at radius 2 is 1.62 bits per heavy atom. The van der Waals surface area contributed by atoms with E-state index in [1.54, 1.807) is 0 Å². The van der Waals surface area contributed by atoms with Crippen molar-refractivity contribution in [2.75, 3.05) is 38.1 Å². The van der Waals surface area contributed by atoms with Gasteiger partial charge in [0.2, 0.25) is 0 Å². The van der Waals surface area contributed by atoms with E-state index >= 15 is 0 Å². The second-order valence-electron chi connectivity index (χ2n) is 7.64. The highest BCUT2D eigenvalue weighted by Gasteiger charge is 2.32. The van der Waals surface area contributed by atoms with Crippen molar-refractivity contribution in [2.45, 2.75) is 6.18 Å². The number of aromatic nitrogens is 2. The van der Waals surface area contributed by atoms with E-state index in [1.807, 2.05) is 11.9 Å². The molecule has 166 valence electrons. The first-order valence-electron chi connectivity index (χ1n) is 9.82. The molecule has 2 aromatic heterocycles. The van der Waals surface area contributed by atoms with Gasteiger partial charge in [-0.05, 0) is 25.2 Å². The van der Waals surface area contributed by atoms with E-state index in [1.165, 1.54) is 16.5 Å². The van der Waals surface area contributed by atoms with Gasteiger partial charge in [0, 0.05) is 44.4 Å². The van der Waals surface area contributed by atoms with Gasteiger partial charge in [-0.3, -0.25) is 4.40 Å². The lowest BCUT2D eigenvalue weighted by Crippen LogP contribution is -2.45. The van der Waals surface area contributed by atoms with Crippen molar-refractivity contribution >= 4 is 34.3 Å². The molecule has 0 amide bonds. The Bertz CT molecular complexity index is 1290. The van der Waals surface area contributed by atoms with Crippen molar-refractivity contribution < 1.29 is 32.2 Å². The number of hydrogen-bond acceptors (Lipinski definition) is 7. The average Bonchev–Trinajstić information content (AvgIpc) is 3.07.